The molecule has 6 atom stereocenters. The highest BCUT2D eigenvalue weighted by atomic mass is 16.6. The van der Waals surface area contributed by atoms with Gasteiger partial charge in [-0.05, 0) is 31.3 Å². The van der Waals surface area contributed by atoms with Crippen molar-refractivity contribution < 1.29 is 19.7 Å². The average Bonchev–Trinajstić information content (AvgIpc) is 2.66. The van der Waals surface area contributed by atoms with Crippen molar-refractivity contribution in [2.75, 3.05) is 0 Å². The number of ether oxygens (including phenoxy) is 1. The molecule has 0 unspecified atom stereocenters. The largest absolute Gasteiger partial charge is 0.458 e. The van der Waals surface area contributed by atoms with Gasteiger partial charge in [0.2, 0.25) is 0 Å². The smallest absolute Gasteiger partial charge is 0.309 e. The van der Waals surface area contributed by atoms with Gasteiger partial charge in [0.15, 0.2) is 0 Å². The van der Waals surface area contributed by atoms with Gasteiger partial charge in [-0.25, -0.2) is 0 Å². The fourth-order valence-corrected chi connectivity index (χ4v) is 4.38. The lowest BCUT2D eigenvalue weighted by atomic mass is 9.51. The molecule has 0 aromatic heterocycles. The minimum Gasteiger partial charge on any atom is -0.458 e. The van der Waals surface area contributed by atoms with Gasteiger partial charge in [0, 0.05) is 11.3 Å². The molecular formula is C15H22O4. The molecular weight excluding hydrogens is 244 g/mol. The number of hydrogen-bond donors (Lipinski definition) is 2. The number of esters is 1. The number of hydrogen-bond acceptors (Lipinski definition) is 4. The van der Waals surface area contributed by atoms with Crippen molar-refractivity contribution in [3.8, 4) is 0 Å². The van der Waals surface area contributed by atoms with Gasteiger partial charge in [-0.15, -0.1) is 0 Å². The first kappa shape index (κ1) is 13.1. The maximum Gasteiger partial charge on any atom is 0.309 e. The zero-order valence-corrected chi connectivity index (χ0v) is 11.6. The van der Waals surface area contributed by atoms with E-state index in [2.05, 4.69) is 6.58 Å². The van der Waals surface area contributed by atoms with Gasteiger partial charge in [0.25, 0.3) is 0 Å². The molecule has 0 bridgehead atoms. The van der Waals surface area contributed by atoms with Crippen LogP contribution in [0.2, 0.25) is 0 Å². The number of fused-ring (bicyclic) bond motifs is 3. The molecule has 2 saturated carbocycles. The van der Waals surface area contributed by atoms with Gasteiger partial charge in [0.05, 0.1) is 12.0 Å². The van der Waals surface area contributed by atoms with Crippen LogP contribution in [0.1, 0.15) is 39.5 Å². The average molecular weight is 266 g/mol. The first-order chi connectivity index (χ1) is 8.82. The van der Waals surface area contributed by atoms with Crippen LogP contribution >= 0.6 is 0 Å². The maximum atomic E-state index is 11.8. The Morgan fingerprint density at radius 2 is 2.11 bits per heavy atom. The summed E-state index contributed by atoms with van der Waals surface area (Å²) >= 11 is 0. The highest BCUT2D eigenvalue weighted by molar-refractivity contribution is 5.75. The monoisotopic (exact) mass is 266 g/mol. The second kappa shape index (κ2) is 3.83. The van der Waals surface area contributed by atoms with E-state index in [-0.39, 0.29) is 17.8 Å². The van der Waals surface area contributed by atoms with Gasteiger partial charge in [0.1, 0.15) is 11.7 Å². The summed E-state index contributed by atoms with van der Waals surface area (Å²) in [5, 5.41) is 21.6. The zero-order valence-electron chi connectivity index (χ0n) is 11.6. The lowest BCUT2D eigenvalue weighted by Crippen LogP contribution is -2.67. The van der Waals surface area contributed by atoms with E-state index in [0.29, 0.717) is 24.8 Å². The van der Waals surface area contributed by atoms with E-state index in [9.17, 15) is 15.0 Å². The molecule has 2 aliphatic carbocycles. The number of aliphatic hydroxyl groups excluding tert-OH is 1. The topological polar surface area (TPSA) is 66.8 Å². The van der Waals surface area contributed by atoms with E-state index >= 15 is 0 Å². The summed E-state index contributed by atoms with van der Waals surface area (Å²) in [6, 6.07) is 0. The summed E-state index contributed by atoms with van der Waals surface area (Å²) < 4.78 is 5.47. The number of aliphatic hydroxyl groups is 2. The molecule has 1 heterocycles. The minimum absolute atomic E-state index is 0.0348. The lowest BCUT2D eigenvalue weighted by molar-refractivity contribution is -0.216. The Kier molecular flexibility index (Phi) is 2.64. The Morgan fingerprint density at radius 3 is 2.79 bits per heavy atom. The fraction of sp³-hybridized carbons (Fsp3) is 0.800. The second-order valence-corrected chi connectivity index (χ2v) is 6.69. The number of carbonyl (C=O) groups is 1. The molecule has 0 spiro atoms. The van der Waals surface area contributed by atoms with Crippen LogP contribution < -0.4 is 0 Å². The summed E-state index contributed by atoms with van der Waals surface area (Å²) in [5.74, 6) is -0.376. The summed E-state index contributed by atoms with van der Waals surface area (Å²) in [6.07, 6.45) is 1.60. The molecule has 0 amide bonds. The Balaban J connectivity index is 2.08. The molecule has 1 saturated heterocycles. The van der Waals surface area contributed by atoms with Crippen molar-refractivity contribution in [2.45, 2.75) is 57.3 Å². The molecule has 106 valence electrons. The molecule has 0 radical (unpaired) electrons. The SMILES string of the molecule is C=C1CC[C@@H](O)[C@]2(C)CC[C@H]3[C@@H](C)C(=O)O[C@@H]3[C@@]12O. The summed E-state index contributed by atoms with van der Waals surface area (Å²) in [4.78, 5) is 11.8. The van der Waals surface area contributed by atoms with Crippen molar-refractivity contribution in [3.63, 3.8) is 0 Å². The van der Waals surface area contributed by atoms with Crippen molar-refractivity contribution >= 4 is 5.97 Å². The minimum atomic E-state index is -1.28. The van der Waals surface area contributed by atoms with Crippen LogP contribution in [0.3, 0.4) is 0 Å². The Bertz CT molecular complexity index is 445. The Hall–Kier alpha value is -0.870. The van der Waals surface area contributed by atoms with E-state index in [1.807, 2.05) is 13.8 Å². The third-order valence-electron chi connectivity index (χ3n) is 5.92. The summed E-state index contributed by atoms with van der Waals surface area (Å²) in [5.41, 5.74) is -1.24. The highest BCUT2D eigenvalue weighted by Gasteiger charge is 2.67. The van der Waals surface area contributed by atoms with Crippen LogP contribution in [0.5, 0.6) is 0 Å². The second-order valence-electron chi connectivity index (χ2n) is 6.69. The van der Waals surface area contributed by atoms with Crippen molar-refractivity contribution in [1.29, 1.82) is 0 Å². The van der Waals surface area contributed by atoms with Crippen LogP contribution in [-0.2, 0) is 9.53 Å². The van der Waals surface area contributed by atoms with E-state index in [1.165, 1.54) is 0 Å². The third-order valence-corrected chi connectivity index (χ3v) is 5.92. The quantitative estimate of drug-likeness (QED) is 0.514. The van der Waals surface area contributed by atoms with Gasteiger partial charge >= 0.3 is 5.97 Å². The molecule has 2 N–H and O–H groups in total. The van der Waals surface area contributed by atoms with Gasteiger partial charge < -0.3 is 14.9 Å². The van der Waals surface area contributed by atoms with Crippen LogP contribution in [0, 0.1) is 17.3 Å². The number of carbonyl (C=O) groups excluding carboxylic acids is 1. The fourth-order valence-electron chi connectivity index (χ4n) is 4.38. The molecule has 19 heavy (non-hydrogen) atoms. The predicted molar refractivity (Wildman–Crippen MR) is 69.2 cm³/mol. The van der Waals surface area contributed by atoms with E-state index in [4.69, 9.17) is 4.74 Å². The summed E-state index contributed by atoms with van der Waals surface area (Å²) in [7, 11) is 0. The molecule has 3 fully saturated rings. The van der Waals surface area contributed by atoms with E-state index < -0.39 is 23.2 Å². The van der Waals surface area contributed by atoms with Crippen molar-refractivity contribution in [1.82, 2.24) is 0 Å². The molecule has 1 aliphatic heterocycles. The highest BCUT2D eigenvalue weighted by Crippen LogP contribution is 2.59. The molecule has 4 heteroatoms. The van der Waals surface area contributed by atoms with Gasteiger partial charge in [-0.2, -0.15) is 0 Å². The van der Waals surface area contributed by atoms with Crippen LogP contribution in [0.25, 0.3) is 0 Å². The normalized spacial score (nSPS) is 53.5. The molecule has 0 aromatic carbocycles. The standard InChI is InChI=1S/C15H22O4/c1-8-4-5-11(16)14(3)7-6-10-9(2)13(17)19-12(10)15(8,14)18/h9-12,16,18H,1,4-7H2,2-3H3/t9-,10+,11-,12+,14+,15+/m1/s1. The molecule has 3 aliphatic rings. The Morgan fingerprint density at radius 1 is 1.42 bits per heavy atom. The van der Waals surface area contributed by atoms with Crippen LogP contribution in [-0.4, -0.2) is 34.0 Å². The van der Waals surface area contributed by atoms with Crippen molar-refractivity contribution in [2.24, 2.45) is 17.3 Å². The predicted octanol–water partition coefficient (Wildman–Crippen LogP) is 1.41. The molecule has 3 rings (SSSR count). The number of rotatable bonds is 0. The first-order valence-corrected chi connectivity index (χ1v) is 7.11. The lowest BCUT2D eigenvalue weighted by Gasteiger charge is -2.58. The van der Waals surface area contributed by atoms with Crippen LogP contribution in [0.15, 0.2) is 12.2 Å². The van der Waals surface area contributed by atoms with Crippen LogP contribution in [0.4, 0.5) is 0 Å². The van der Waals surface area contributed by atoms with Crippen molar-refractivity contribution in [3.05, 3.63) is 12.2 Å². The van der Waals surface area contributed by atoms with E-state index in [0.717, 1.165) is 6.42 Å². The zero-order chi connectivity index (χ0) is 14.0. The van der Waals surface area contributed by atoms with E-state index in [1.54, 1.807) is 0 Å². The molecule has 0 aromatic rings. The third kappa shape index (κ3) is 1.39. The first-order valence-electron chi connectivity index (χ1n) is 7.11. The summed E-state index contributed by atoms with van der Waals surface area (Å²) in [6.45, 7) is 7.77. The van der Waals surface area contributed by atoms with Gasteiger partial charge in [-0.3, -0.25) is 4.79 Å². The molecule has 4 nitrogen and oxygen atoms in total. The Labute approximate surface area is 113 Å². The maximum absolute atomic E-state index is 11.8. The van der Waals surface area contributed by atoms with Gasteiger partial charge in [-0.1, -0.05) is 20.4 Å².